The standard InChI is InChI=1S/C20H30N2O2/c1-15(17-8-7-16-5-3-4-6-18(16)13-17)22-19(23)20(14-24-2)9-11-21-12-10-20/h7-8,13,15,21H,3-6,9-12,14H2,1-2H3,(H,22,23). The summed E-state index contributed by atoms with van der Waals surface area (Å²) in [4.78, 5) is 13.0. The SMILES string of the molecule is COCC1(C(=O)NC(C)c2ccc3c(c2)CCCC3)CCNCC1. The van der Waals surface area contributed by atoms with Crippen molar-refractivity contribution in [3.63, 3.8) is 0 Å². The topological polar surface area (TPSA) is 50.4 Å². The number of rotatable bonds is 5. The van der Waals surface area contributed by atoms with Gasteiger partial charge in [0.15, 0.2) is 0 Å². The maximum atomic E-state index is 13.0. The van der Waals surface area contributed by atoms with E-state index in [2.05, 4.69) is 35.8 Å². The quantitative estimate of drug-likeness (QED) is 0.873. The minimum atomic E-state index is -0.386. The second kappa shape index (κ2) is 7.66. The molecule has 1 aliphatic carbocycles. The lowest BCUT2D eigenvalue weighted by Crippen LogP contribution is -2.50. The lowest BCUT2D eigenvalue weighted by Gasteiger charge is -2.36. The van der Waals surface area contributed by atoms with Gasteiger partial charge in [-0.3, -0.25) is 4.79 Å². The van der Waals surface area contributed by atoms with E-state index in [1.165, 1.54) is 42.4 Å². The van der Waals surface area contributed by atoms with Gasteiger partial charge < -0.3 is 15.4 Å². The van der Waals surface area contributed by atoms with E-state index >= 15 is 0 Å². The fourth-order valence-electron chi connectivity index (χ4n) is 4.07. The lowest BCUT2D eigenvalue weighted by molar-refractivity contribution is -0.136. The molecule has 2 aliphatic rings. The molecule has 1 aliphatic heterocycles. The molecule has 0 radical (unpaired) electrons. The number of carbonyl (C=O) groups is 1. The van der Waals surface area contributed by atoms with E-state index in [-0.39, 0.29) is 17.4 Å². The largest absolute Gasteiger partial charge is 0.384 e. The summed E-state index contributed by atoms with van der Waals surface area (Å²) in [5.41, 5.74) is 3.78. The Morgan fingerprint density at radius 1 is 1.25 bits per heavy atom. The fourth-order valence-corrected chi connectivity index (χ4v) is 4.07. The van der Waals surface area contributed by atoms with Gasteiger partial charge >= 0.3 is 0 Å². The summed E-state index contributed by atoms with van der Waals surface area (Å²) in [6.45, 7) is 4.34. The molecule has 1 heterocycles. The predicted molar refractivity (Wildman–Crippen MR) is 96.1 cm³/mol. The molecule has 1 amide bonds. The summed E-state index contributed by atoms with van der Waals surface area (Å²) in [6, 6.07) is 6.76. The number of methoxy groups -OCH3 is 1. The number of fused-ring (bicyclic) bond motifs is 1. The Balaban J connectivity index is 1.71. The summed E-state index contributed by atoms with van der Waals surface area (Å²) >= 11 is 0. The van der Waals surface area contributed by atoms with Gasteiger partial charge in [-0.1, -0.05) is 18.2 Å². The Morgan fingerprint density at radius 2 is 1.96 bits per heavy atom. The van der Waals surface area contributed by atoms with Crippen LogP contribution in [0.3, 0.4) is 0 Å². The molecule has 0 spiro atoms. The fraction of sp³-hybridized carbons (Fsp3) is 0.650. The van der Waals surface area contributed by atoms with Crippen LogP contribution in [0.1, 0.15) is 55.3 Å². The molecule has 132 valence electrons. The average molecular weight is 330 g/mol. The van der Waals surface area contributed by atoms with Gasteiger partial charge in [0.05, 0.1) is 18.1 Å². The second-order valence-electron chi connectivity index (χ2n) is 7.39. The zero-order valence-corrected chi connectivity index (χ0v) is 15.0. The highest BCUT2D eigenvalue weighted by atomic mass is 16.5. The molecule has 2 N–H and O–H groups in total. The van der Waals surface area contributed by atoms with Gasteiger partial charge in [-0.25, -0.2) is 0 Å². The zero-order valence-electron chi connectivity index (χ0n) is 15.0. The third-order valence-corrected chi connectivity index (χ3v) is 5.68. The molecule has 1 aromatic carbocycles. The minimum Gasteiger partial charge on any atom is -0.384 e. The van der Waals surface area contributed by atoms with Crippen molar-refractivity contribution in [2.45, 2.75) is 51.5 Å². The van der Waals surface area contributed by atoms with Crippen LogP contribution in [0.5, 0.6) is 0 Å². The van der Waals surface area contributed by atoms with Crippen molar-refractivity contribution in [1.82, 2.24) is 10.6 Å². The molecular formula is C20H30N2O2. The first-order valence-corrected chi connectivity index (χ1v) is 9.27. The molecule has 1 aromatic rings. The van der Waals surface area contributed by atoms with Gasteiger partial charge in [0.25, 0.3) is 0 Å². The Kier molecular flexibility index (Phi) is 5.57. The highest BCUT2D eigenvalue weighted by Gasteiger charge is 2.40. The minimum absolute atomic E-state index is 0.0355. The van der Waals surface area contributed by atoms with E-state index in [0.717, 1.165) is 25.9 Å². The number of hydrogen-bond acceptors (Lipinski definition) is 3. The van der Waals surface area contributed by atoms with Crippen molar-refractivity contribution in [1.29, 1.82) is 0 Å². The van der Waals surface area contributed by atoms with Gasteiger partial charge in [-0.2, -0.15) is 0 Å². The molecular weight excluding hydrogens is 300 g/mol. The number of hydrogen-bond donors (Lipinski definition) is 2. The van der Waals surface area contributed by atoms with Crippen LogP contribution in [0.25, 0.3) is 0 Å². The van der Waals surface area contributed by atoms with Gasteiger partial charge in [-0.15, -0.1) is 0 Å². The Morgan fingerprint density at radius 3 is 2.67 bits per heavy atom. The van der Waals surface area contributed by atoms with Crippen LogP contribution in [0.15, 0.2) is 18.2 Å². The highest BCUT2D eigenvalue weighted by Crippen LogP contribution is 2.31. The van der Waals surface area contributed by atoms with Crippen LogP contribution < -0.4 is 10.6 Å². The van der Waals surface area contributed by atoms with E-state index in [1.807, 2.05) is 0 Å². The zero-order chi connectivity index (χ0) is 17.0. The first kappa shape index (κ1) is 17.4. The third kappa shape index (κ3) is 3.65. The van der Waals surface area contributed by atoms with Crippen LogP contribution in [-0.2, 0) is 22.4 Å². The maximum Gasteiger partial charge on any atom is 0.229 e. The Labute approximate surface area is 145 Å². The molecule has 24 heavy (non-hydrogen) atoms. The normalized spacial score (nSPS) is 20.9. The number of nitrogens with one attached hydrogen (secondary N) is 2. The van der Waals surface area contributed by atoms with Crippen molar-refractivity contribution in [3.05, 3.63) is 34.9 Å². The van der Waals surface area contributed by atoms with E-state index < -0.39 is 0 Å². The van der Waals surface area contributed by atoms with Crippen LogP contribution in [0, 0.1) is 5.41 Å². The van der Waals surface area contributed by atoms with Crippen LogP contribution in [-0.4, -0.2) is 32.7 Å². The Bertz CT molecular complexity index is 573. The maximum absolute atomic E-state index is 13.0. The predicted octanol–water partition coefficient (Wildman–Crippen LogP) is 2.76. The average Bonchev–Trinajstić information content (AvgIpc) is 2.62. The van der Waals surface area contributed by atoms with Gasteiger partial charge in [0, 0.05) is 7.11 Å². The van der Waals surface area contributed by atoms with E-state index in [1.54, 1.807) is 7.11 Å². The molecule has 4 heteroatoms. The summed E-state index contributed by atoms with van der Waals surface area (Å²) in [6.07, 6.45) is 6.62. The smallest absolute Gasteiger partial charge is 0.229 e. The number of ether oxygens (including phenoxy) is 1. The van der Waals surface area contributed by atoms with Crippen LogP contribution in [0.2, 0.25) is 0 Å². The lowest BCUT2D eigenvalue weighted by atomic mass is 9.78. The van der Waals surface area contributed by atoms with Gasteiger partial charge in [-0.05, 0) is 75.2 Å². The van der Waals surface area contributed by atoms with Crippen molar-refractivity contribution >= 4 is 5.91 Å². The molecule has 0 saturated carbocycles. The van der Waals surface area contributed by atoms with E-state index in [9.17, 15) is 4.79 Å². The number of piperidine rings is 1. The van der Waals surface area contributed by atoms with E-state index in [0.29, 0.717) is 6.61 Å². The van der Waals surface area contributed by atoms with Crippen molar-refractivity contribution in [3.8, 4) is 0 Å². The summed E-state index contributed by atoms with van der Waals surface area (Å²) in [5.74, 6) is 0.135. The van der Waals surface area contributed by atoms with Crippen molar-refractivity contribution in [2.75, 3.05) is 26.8 Å². The molecule has 0 aromatic heterocycles. The Hall–Kier alpha value is -1.39. The van der Waals surface area contributed by atoms with E-state index in [4.69, 9.17) is 4.74 Å². The highest BCUT2D eigenvalue weighted by molar-refractivity contribution is 5.83. The van der Waals surface area contributed by atoms with Gasteiger partial charge in [0.1, 0.15) is 0 Å². The molecule has 0 bridgehead atoms. The molecule has 1 unspecified atom stereocenters. The molecule has 1 saturated heterocycles. The number of carbonyl (C=O) groups excluding carboxylic acids is 1. The molecule has 1 fully saturated rings. The number of amides is 1. The van der Waals surface area contributed by atoms with Crippen LogP contribution in [0.4, 0.5) is 0 Å². The van der Waals surface area contributed by atoms with Gasteiger partial charge in [0.2, 0.25) is 5.91 Å². The summed E-state index contributed by atoms with van der Waals surface area (Å²) < 4.78 is 5.38. The first-order chi connectivity index (χ1) is 11.6. The first-order valence-electron chi connectivity index (χ1n) is 9.27. The molecule has 3 rings (SSSR count). The van der Waals surface area contributed by atoms with Crippen molar-refractivity contribution in [2.24, 2.45) is 5.41 Å². The summed E-state index contributed by atoms with van der Waals surface area (Å²) in [7, 11) is 1.68. The second-order valence-corrected chi connectivity index (χ2v) is 7.39. The molecule has 4 nitrogen and oxygen atoms in total. The monoisotopic (exact) mass is 330 g/mol. The van der Waals surface area contributed by atoms with Crippen LogP contribution >= 0.6 is 0 Å². The molecule has 1 atom stereocenters. The number of benzene rings is 1. The number of aryl methyl sites for hydroxylation is 2. The summed E-state index contributed by atoms with van der Waals surface area (Å²) in [5, 5.41) is 6.59. The van der Waals surface area contributed by atoms with Crippen molar-refractivity contribution < 1.29 is 9.53 Å². The third-order valence-electron chi connectivity index (χ3n) is 5.68.